The van der Waals surface area contributed by atoms with Crippen LogP contribution in [0.3, 0.4) is 0 Å². The van der Waals surface area contributed by atoms with Crippen molar-refractivity contribution in [2.75, 3.05) is 39.7 Å². The van der Waals surface area contributed by atoms with Crippen LogP contribution in [-0.2, 0) is 53.8 Å². The predicted octanol–water partition coefficient (Wildman–Crippen LogP) is 13.2. The minimum Gasteiger partial charge on any atom is -0.853 e. The molecule has 15 atom stereocenters. The number of hydrogen-bond acceptors (Lipinski definition) is 14. The maximum atomic E-state index is 13.5. The van der Waals surface area contributed by atoms with Crippen LogP contribution in [0.1, 0.15) is 138 Å². The molecule has 0 spiro atoms. The SMILES string of the molecule is CP(P)N=CC(F)F.CP(P)NC(c1ccc(Cl)cc1CN)C(F)F.CP(P)NC(c1ccc(Cl)cc1CNC(=O)[C@@H]1CCCN1)C(F)F.CP(P)NC(c1ccc(Cl)cc1CO)C(F)F.NC(c1ccc(Cl)cc1CNC(=O)[C@@H]1CCCN1C(=O)[C@H](O)C1CCCCC1)C(F)F.OCc1cc(Cl)ccc1I.[Li+].[Na+].[O-]Cc1[c-]ccc(Cl)c1. The first-order valence-corrected chi connectivity index (χ1v) is 52.6. The molecule has 13 N–H and O–H groups in total. The van der Waals surface area contributed by atoms with Crippen molar-refractivity contribution in [1.82, 2.24) is 36.1 Å². The second kappa shape index (κ2) is 62.9. The third kappa shape index (κ3) is 43.7. The topological polar surface area (TPSA) is 275 Å². The molecule has 0 bridgehead atoms. The molecule has 118 heavy (non-hydrogen) atoms. The number of benzene rings is 6. The average Bonchev–Trinajstić information content (AvgIpc) is 1.04. The maximum Gasteiger partial charge on any atom is 1.00 e. The minimum absolute atomic E-state index is 0. The second-order valence-electron chi connectivity index (χ2n) is 26.1. The summed E-state index contributed by atoms with van der Waals surface area (Å²) in [5, 5.41) is 59.0. The number of rotatable bonds is 28. The van der Waals surface area contributed by atoms with Crippen molar-refractivity contribution >= 4 is 183 Å². The van der Waals surface area contributed by atoms with Gasteiger partial charge < -0.3 is 52.7 Å². The van der Waals surface area contributed by atoms with Gasteiger partial charge in [-0.1, -0.05) is 142 Å². The molecule has 1 aliphatic carbocycles. The molecule has 1 saturated carbocycles. The summed E-state index contributed by atoms with van der Waals surface area (Å²) in [4.78, 5) is 39.3. The molecule has 3 aliphatic rings. The van der Waals surface area contributed by atoms with Gasteiger partial charge in [-0.25, -0.2) is 43.9 Å². The first-order valence-electron chi connectivity index (χ1n) is 35.7. The Kier molecular flexibility index (Phi) is 61.7. The fourth-order valence-corrected chi connectivity index (χ4v) is 17.5. The van der Waals surface area contributed by atoms with Gasteiger partial charge in [0.25, 0.3) is 38.0 Å². The fourth-order valence-electron chi connectivity index (χ4n) is 11.8. The molecule has 2 heterocycles. The van der Waals surface area contributed by atoms with E-state index in [0.29, 0.717) is 100 Å². The Labute approximate surface area is 776 Å². The van der Waals surface area contributed by atoms with Gasteiger partial charge in [-0.2, -0.15) is 29.8 Å². The Morgan fingerprint density at radius 3 is 1.42 bits per heavy atom. The van der Waals surface area contributed by atoms with Crippen LogP contribution in [0.4, 0.5) is 43.9 Å². The largest absolute Gasteiger partial charge is 1.00 e. The van der Waals surface area contributed by atoms with Crippen LogP contribution in [0.15, 0.2) is 114 Å². The number of hydrogen-bond donors (Lipinski definition) is 11. The molecule has 2 saturated heterocycles. The molecule has 6 aromatic rings. The Bertz CT molecular complexity index is 3890. The first-order chi connectivity index (χ1) is 54.8. The van der Waals surface area contributed by atoms with Gasteiger partial charge in [0.2, 0.25) is 11.8 Å². The number of likely N-dealkylation sites (tertiary alicyclic amines) is 1. The zero-order chi connectivity index (χ0) is 87.1. The van der Waals surface area contributed by atoms with Crippen LogP contribution in [-0.4, -0.2) is 134 Å². The van der Waals surface area contributed by atoms with Crippen molar-refractivity contribution in [1.29, 1.82) is 0 Å². The van der Waals surface area contributed by atoms with E-state index in [1.54, 1.807) is 73.4 Å². The molecule has 0 radical (unpaired) electrons. The number of aliphatic hydroxyl groups excluding tert-OH is 3. The van der Waals surface area contributed by atoms with Crippen LogP contribution >= 0.6 is 159 Å². The van der Waals surface area contributed by atoms with Crippen LogP contribution in [0, 0.1) is 15.6 Å². The third-order valence-corrected chi connectivity index (χ3v) is 24.0. The zero-order valence-electron chi connectivity index (χ0n) is 65.5. The van der Waals surface area contributed by atoms with Gasteiger partial charge in [-0.05, 0) is 240 Å². The molecule has 3 amide bonds. The monoisotopic (exact) mass is 2040 g/mol. The quantitative estimate of drug-likeness (QED) is 0.00545. The number of halogens is 17. The number of aliphatic hydroxyl groups is 3. The van der Waals surface area contributed by atoms with E-state index in [9.17, 15) is 73.6 Å². The normalized spacial score (nSPS) is 16.8. The van der Waals surface area contributed by atoms with Crippen molar-refractivity contribution in [3.63, 3.8) is 0 Å². The standard InChI is InChI=1S/C22H30ClF2N3O3.C15H22ClF2N3OP2.C10H15ClF2N2P2.C10H14ClF2NOP2.C7H6ClIO.C7H5ClO.C3H7F2NP2.Li.Na/c23-15-8-9-16(18(26)20(24)25)14(11-15)12-27-21(30)17-7-4-10-28(17)22(31)19(29)13-5-2-1-3-6-13;1-24(23)21-13(14(17)18)11-5-4-10(16)7-9(11)8-20-15(22)12-3-2-6-19-12;1-17(16)15-9(10(12)13)8-3-2-7(11)4-6(8)5-14;1-17(16)14-9(10(12)13)8-3-2-7(11)4-6(8)5-15;8-6-1-2-7(9)5(3-6)4-10;8-7-3-1-2-6(4-7)5-9;1-8(7)6-2-3(4)5;;/h8-9,11,13,17-20,29H,1-7,10,12,26H2,(H,27,30);4-5,7,12-14,19,21H,2-3,6,8,23H2,1H3,(H,20,22);2-4,9-10,15H,5,14,16H2,1H3;2-4,9-10,14-15H,5,16H2,1H3;1-3,10H,4H2;1,3-4H,5H2;2-3H,7H2,1H3;;/q;;;;;-2;;2*+1/t17-,18?,19+;12-,13?,24?;;;;;;;/m00......./s1. The molecule has 6 aromatic carbocycles. The summed E-state index contributed by atoms with van der Waals surface area (Å²) in [6.07, 6.45) is -5.46. The Morgan fingerprint density at radius 1 is 0.602 bits per heavy atom. The fraction of sp³-hybridized carbons (Fsp3) is 0.459. The second-order valence-corrected chi connectivity index (χ2v) is 44.9. The summed E-state index contributed by atoms with van der Waals surface area (Å²) in [5.41, 5.74) is 16.3. The van der Waals surface area contributed by atoms with E-state index >= 15 is 0 Å². The van der Waals surface area contributed by atoms with Crippen LogP contribution < -0.4 is 96.2 Å². The van der Waals surface area contributed by atoms with Gasteiger partial charge in [0, 0.05) is 62.6 Å². The van der Waals surface area contributed by atoms with Gasteiger partial charge >= 0.3 is 48.4 Å². The molecule has 12 unspecified atom stereocenters. The van der Waals surface area contributed by atoms with E-state index in [2.05, 4.69) is 100 Å². The molecule has 44 heteroatoms. The predicted molar refractivity (Wildman–Crippen MR) is 479 cm³/mol. The summed E-state index contributed by atoms with van der Waals surface area (Å²) < 4.78 is 132. The Balaban J connectivity index is 0.000000720. The zero-order valence-corrected chi connectivity index (χ0v) is 82.4. The summed E-state index contributed by atoms with van der Waals surface area (Å²) in [5.74, 6) is -0.940. The number of nitrogens with one attached hydrogen (secondary N) is 6. The molecule has 2 aliphatic heterocycles. The van der Waals surface area contributed by atoms with Gasteiger partial charge in [0.1, 0.15) is 12.1 Å². The molecular formula is C74H99Cl6F10ILiN10NaO7P8. The minimum atomic E-state index is -2.75. The summed E-state index contributed by atoms with van der Waals surface area (Å²) in [6.45, 7) is 8.38. The number of nitrogens with zero attached hydrogens (tertiary/aromatic N) is 2. The van der Waals surface area contributed by atoms with Gasteiger partial charge in [0.05, 0.1) is 49.6 Å². The molecular weight excluding hydrogens is 1950 g/mol. The van der Waals surface area contributed by atoms with Gasteiger partial charge in [0.15, 0.2) is 0 Å². The van der Waals surface area contributed by atoms with E-state index < -0.39 is 105 Å². The Morgan fingerprint density at radius 2 is 1.03 bits per heavy atom. The van der Waals surface area contributed by atoms with Crippen molar-refractivity contribution in [2.45, 2.75) is 172 Å². The Hall–Kier alpha value is -0.193. The molecule has 3 fully saturated rings. The van der Waals surface area contributed by atoms with E-state index in [-0.39, 0.29) is 117 Å². The molecule has 9 rings (SSSR count). The summed E-state index contributed by atoms with van der Waals surface area (Å²) in [7, 11) is 6.97. The smallest absolute Gasteiger partial charge is 0.853 e. The molecule has 17 nitrogen and oxygen atoms in total. The summed E-state index contributed by atoms with van der Waals surface area (Å²) >= 11 is 37.0. The van der Waals surface area contributed by atoms with Crippen molar-refractivity contribution in [3.8, 4) is 0 Å². The first kappa shape index (κ1) is 116. The third-order valence-electron chi connectivity index (χ3n) is 17.2. The van der Waals surface area contributed by atoms with Crippen LogP contribution in [0.5, 0.6) is 0 Å². The van der Waals surface area contributed by atoms with E-state index in [1.165, 1.54) is 35.2 Å². The van der Waals surface area contributed by atoms with Crippen molar-refractivity contribution < 1.29 is 127 Å². The van der Waals surface area contributed by atoms with Gasteiger partial charge in [-0.3, -0.25) is 34.4 Å². The number of alkyl halides is 10. The van der Waals surface area contributed by atoms with Crippen LogP contribution in [0.25, 0.3) is 0 Å². The average molecular weight is 2050 g/mol. The van der Waals surface area contributed by atoms with Crippen molar-refractivity contribution in [3.05, 3.63) is 205 Å². The van der Waals surface area contributed by atoms with E-state index in [4.69, 9.17) is 86.2 Å². The number of carbonyl (C=O) groups excluding carboxylic acids is 3. The number of amides is 3. The number of carbonyl (C=O) groups is 3. The maximum absolute atomic E-state index is 13.5. The molecule has 648 valence electrons. The van der Waals surface area contributed by atoms with Gasteiger partial charge in [-0.15, -0.1) is 18.2 Å². The van der Waals surface area contributed by atoms with E-state index in [1.807, 2.05) is 32.1 Å². The van der Waals surface area contributed by atoms with Crippen LogP contribution in [0.2, 0.25) is 30.1 Å². The van der Waals surface area contributed by atoms with Crippen molar-refractivity contribution in [2.24, 2.45) is 22.1 Å². The van der Waals surface area contributed by atoms with E-state index in [0.717, 1.165) is 60.6 Å². The number of nitrogens with two attached hydrogens (primary N) is 2. The molecule has 0 aromatic heterocycles. The summed E-state index contributed by atoms with van der Waals surface area (Å²) in [6, 6.07) is 26.3.